The van der Waals surface area contributed by atoms with Crippen molar-refractivity contribution in [1.29, 1.82) is 0 Å². The topological polar surface area (TPSA) is 41.0 Å². The van der Waals surface area contributed by atoms with Gasteiger partial charge in [0.15, 0.2) is 0 Å². The number of hydrogen-bond donors (Lipinski definition) is 1. The summed E-state index contributed by atoms with van der Waals surface area (Å²) in [5, 5.41) is 11.0. The molecule has 4 nitrogen and oxygen atoms in total. The van der Waals surface area contributed by atoms with Gasteiger partial charge in [-0.2, -0.15) is 0 Å². The van der Waals surface area contributed by atoms with Gasteiger partial charge in [-0.25, -0.2) is 5.01 Å². The van der Waals surface area contributed by atoms with Crippen LogP contribution in [-0.4, -0.2) is 27.3 Å². The summed E-state index contributed by atoms with van der Waals surface area (Å²) < 4.78 is 0. The molecule has 2 unspecified atom stereocenters. The Morgan fingerprint density at radius 2 is 2.14 bits per heavy atom. The molecule has 0 saturated carbocycles. The summed E-state index contributed by atoms with van der Waals surface area (Å²) in [7, 11) is 0. The van der Waals surface area contributed by atoms with E-state index in [4.69, 9.17) is 0 Å². The van der Waals surface area contributed by atoms with Crippen molar-refractivity contribution in [2.24, 2.45) is 0 Å². The van der Waals surface area contributed by atoms with Gasteiger partial charge < -0.3 is 0 Å². The highest BCUT2D eigenvalue weighted by Gasteiger charge is 2.25. The van der Waals surface area contributed by atoms with Gasteiger partial charge in [0.1, 0.15) is 5.51 Å². The largest absolute Gasteiger partial charge is 0.292 e. The van der Waals surface area contributed by atoms with E-state index in [2.05, 4.69) is 34.5 Å². The van der Waals surface area contributed by atoms with Gasteiger partial charge in [0, 0.05) is 12.1 Å². The molecule has 0 bridgehead atoms. The minimum Gasteiger partial charge on any atom is -0.292 e. The third kappa shape index (κ3) is 2.04. The summed E-state index contributed by atoms with van der Waals surface area (Å²) in [5.41, 5.74) is 5.09. The number of hydrazine groups is 1. The zero-order valence-corrected chi connectivity index (χ0v) is 9.42. The molecule has 0 radical (unpaired) electrons. The molecular formula is C9H16N4S. The summed E-state index contributed by atoms with van der Waals surface area (Å²) in [6.45, 7) is 4.51. The van der Waals surface area contributed by atoms with E-state index in [1.807, 2.05) is 0 Å². The zero-order chi connectivity index (χ0) is 9.97. The van der Waals surface area contributed by atoms with Gasteiger partial charge in [-0.3, -0.25) is 5.43 Å². The lowest BCUT2D eigenvalue weighted by molar-refractivity contribution is 0.135. The third-order valence-corrected chi connectivity index (χ3v) is 3.37. The van der Waals surface area contributed by atoms with Gasteiger partial charge >= 0.3 is 0 Å². The van der Waals surface area contributed by atoms with Crippen molar-refractivity contribution in [3.05, 3.63) is 5.51 Å². The second-order valence-corrected chi connectivity index (χ2v) is 4.73. The molecule has 2 atom stereocenters. The van der Waals surface area contributed by atoms with E-state index in [0.29, 0.717) is 12.1 Å². The molecule has 1 saturated heterocycles. The van der Waals surface area contributed by atoms with Crippen molar-refractivity contribution < 1.29 is 0 Å². The van der Waals surface area contributed by atoms with Crippen LogP contribution in [0.2, 0.25) is 0 Å². The fourth-order valence-electron chi connectivity index (χ4n) is 1.97. The SMILES string of the molecule is CC1CCCC(C)N1Nc1nncs1. The number of nitrogens with one attached hydrogen (secondary N) is 1. The Morgan fingerprint density at radius 3 is 2.71 bits per heavy atom. The van der Waals surface area contributed by atoms with Crippen LogP contribution in [0.5, 0.6) is 0 Å². The van der Waals surface area contributed by atoms with Gasteiger partial charge in [-0.05, 0) is 26.7 Å². The van der Waals surface area contributed by atoms with Crippen LogP contribution in [0.15, 0.2) is 5.51 Å². The molecule has 0 amide bonds. The van der Waals surface area contributed by atoms with Crippen LogP contribution in [0.4, 0.5) is 5.13 Å². The highest BCUT2D eigenvalue weighted by molar-refractivity contribution is 7.13. The fraction of sp³-hybridized carbons (Fsp3) is 0.778. The number of hydrogen-bond acceptors (Lipinski definition) is 5. The van der Waals surface area contributed by atoms with Crippen molar-refractivity contribution >= 4 is 16.5 Å². The average molecular weight is 212 g/mol. The second-order valence-electron chi connectivity index (χ2n) is 3.89. The first-order valence-electron chi connectivity index (χ1n) is 5.08. The fourth-order valence-corrected chi connectivity index (χ4v) is 2.42. The van der Waals surface area contributed by atoms with Crippen molar-refractivity contribution in [3.8, 4) is 0 Å². The smallest absolute Gasteiger partial charge is 0.219 e. The van der Waals surface area contributed by atoms with Crippen molar-refractivity contribution in [2.75, 3.05) is 5.43 Å². The molecule has 1 aliphatic rings. The molecule has 1 fully saturated rings. The molecule has 2 heterocycles. The Labute approximate surface area is 88.3 Å². The Kier molecular flexibility index (Phi) is 2.98. The van der Waals surface area contributed by atoms with Crippen molar-refractivity contribution in [2.45, 2.75) is 45.2 Å². The van der Waals surface area contributed by atoms with E-state index in [9.17, 15) is 0 Å². The van der Waals surface area contributed by atoms with E-state index >= 15 is 0 Å². The number of anilines is 1. The number of aromatic nitrogens is 2. The minimum atomic E-state index is 0.586. The normalized spacial score (nSPS) is 29.0. The lowest BCUT2D eigenvalue weighted by Crippen LogP contribution is -2.47. The van der Waals surface area contributed by atoms with E-state index in [0.717, 1.165) is 5.13 Å². The molecule has 1 aliphatic heterocycles. The van der Waals surface area contributed by atoms with Gasteiger partial charge in [0.05, 0.1) is 0 Å². The first kappa shape index (κ1) is 9.86. The van der Waals surface area contributed by atoms with E-state index in [1.54, 1.807) is 16.8 Å². The van der Waals surface area contributed by atoms with E-state index < -0.39 is 0 Å². The maximum Gasteiger partial charge on any atom is 0.219 e. The summed E-state index contributed by atoms with van der Waals surface area (Å²) >= 11 is 1.55. The van der Waals surface area contributed by atoms with Crippen LogP contribution >= 0.6 is 11.3 Å². The zero-order valence-electron chi connectivity index (χ0n) is 8.60. The summed E-state index contributed by atoms with van der Waals surface area (Å²) in [6.07, 6.45) is 3.85. The number of piperidine rings is 1. The molecule has 0 spiro atoms. The molecule has 78 valence electrons. The highest BCUT2D eigenvalue weighted by Crippen LogP contribution is 2.23. The summed E-state index contributed by atoms with van der Waals surface area (Å²) in [4.78, 5) is 0. The van der Waals surface area contributed by atoms with Crippen LogP contribution in [0.3, 0.4) is 0 Å². The predicted octanol–water partition coefficient (Wildman–Crippen LogP) is 2.13. The molecule has 5 heteroatoms. The number of nitrogens with zero attached hydrogens (tertiary/aromatic N) is 3. The highest BCUT2D eigenvalue weighted by atomic mass is 32.1. The Balaban J connectivity index is 2.01. The van der Waals surface area contributed by atoms with Gasteiger partial charge in [0.25, 0.3) is 0 Å². The Hall–Kier alpha value is -0.680. The minimum absolute atomic E-state index is 0.586. The second kappa shape index (κ2) is 4.23. The van der Waals surface area contributed by atoms with Crippen LogP contribution in [0.1, 0.15) is 33.1 Å². The van der Waals surface area contributed by atoms with Crippen molar-refractivity contribution in [1.82, 2.24) is 15.2 Å². The molecule has 1 aromatic rings. The summed E-state index contributed by atoms with van der Waals surface area (Å²) in [6, 6.07) is 1.17. The number of rotatable bonds is 2. The quantitative estimate of drug-likeness (QED) is 0.815. The maximum absolute atomic E-state index is 3.99. The van der Waals surface area contributed by atoms with Crippen molar-refractivity contribution in [3.63, 3.8) is 0 Å². The lowest BCUT2D eigenvalue weighted by Gasteiger charge is -2.38. The molecular weight excluding hydrogens is 196 g/mol. The van der Waals surface area contributed by atoms with Crippen LogP contribution in [-0.2, 0) is 0 Å². The van der Waals surface area contributed by atoms with Gasteiger partial charge in [-0.1, -0.05) is 17.8 Å². The maximum atomic E-state index is 3.99. The average Bonchev–Trinajstić information content (AvgIpc) is 2.64. The lowest BCUT2D eigenvalue weighted by atomic mass is 10.00. The monoisotopic (exact) mass is 212 g/mol. The van der Waals surface area contributed by atoms with Crippen LogP contribution in [0, 0.1) is 0 Å². The van der Waals surface area contributed by atoms with Gasteiger partial charge in [0.2, 0.25) is 5.13 Å². The molecule has 1 aromatic heterocycles. The summed E-state index contributed by atoms with van der Waals surface area (Å²) in [5.74, 6) is 0. The molecule has 0 aromatic carbocycles. The Morgan fingerprint density at radius 1 is 1.43 bits per heavy atom. The standard InChI is InChI=1S/C9H16N4S/c1-7-4-3-5-8(2)13(7)12-9-11-10-6-14-9/h6-8H,3-5H2,1-2H3,(H,11,12). The predicted molar refractivity (Wildman–Crippen MR) is 58.1 cm³/mol. The van der Waals surface area contributed by atoms with E-state index in [1.165, 1.54) is 19.3 Å². The molecule has 14 heavy (non-hydrogen) atoms. The third-order valence-electron chi connectivity index (χ3n) is 2.78. The molecule has 0 aliphatic carbocycles. The first-order valence-corrected chi connectivity index (χ1v) is 5.96. The van der Waals surface area contributed by atoms with Crippen LogP contribution < -0.4 is 5.43 Å². The molecule has 2 rings (SSSR count). The molecule has 1 N–H and O–H groups in total. The Bertz CT molecular complexity index is 264. The van der Waals surface area contributed by atoms with Gasteiger partial charge in [-0.15, -0.1) is 10.2 Å². The first-order chi connectivity index (χ1) is 6.77. The van der Waals surface area contributed by atoms with Crippen LogP contribution in [0.25, 0.3) is 0 Å². The van der Waals surface area contributed by atoms with E-state index in [-0.39, 0.29) is 0 Å².